The minimum atomic E-state index is -0.258. The van der Waals surface area contributed by atoms with Gasteiger partial charge in [-0.3, -0.25) is 19.6 Å². The van der Waals surface area contributed by atoms with Gasteiger partial charge in [-0.1, -0.05) is 72.8 Å². The second kappa shape index (κ2) is 17.8. The summed E-state index contributed by atoms with van der Waals surface area (Å²) in [7, 11) is 0. The van der Waals surface area contributed by atoms with Crippen molar-refractivity contribution in [2.75, 3.05) is 0 Å². The lowest BCUT2D eigenvalue weighted by molar-refractivity contribution is 0.0947. The van der Waals surface area contributed by atoms with E-state index in [1.165, 1.54) is 12.4 Å². The number of nitrogens with one attached hydrogen (secondary N) is 2. The third kappa shape index (κ3) is 11.8. The highest BCUT2D eigenvalue weighted by Gasteiger charge is 2.02. The Labute approximate surface area is 226 Å². The van der Waals surface area contributed by atoms with Crippen molar-refractivity contribution in [2.24, 2.45) is 10.2 Å². The molecule has 196 valence electrons. The fourth-order valence-corrected chi connectivity index (χ4v) is 2.85. The maximum Gasteiger partial charge on any atom is 0.271 e. The Kier molecular flexibility index (Phi) is 13.6. The van der Waals surface area contributed by atoms with Crippen LogP contribution in [0.5, 0.6) is 0 Å². The molecule has 0 bridgehead atoms. The maximum atomic E-state index is 11.6. The summed E-state index contributed by atoms with van der Waals surface area (Å²) in [6, 6.07) is 26.2. The normalized spacial score (nSPS) is 10.7. The van der Waals surface area contributed by atoms with Crippen LogP contribution in [0.15, 0.2) is 132 Å². The number of benzene rings is 2. The number of hydrazone groups is 2. The molecule has 0 saturated heterocycles. The lowest BCUT2D eigenvalue weighted by Crippen LogP contribution is -2.17. The van der Waals surface area contributed by atoms with E-state index in [0.29, 0.717) is 11.1 Å². The predicted molar refractivity (Wildman–Crippen MR) is 155 cm³/mol. The monoisotopic (exact) mass is 520 g/mol. The number of hydrogen-bond donors (Lipinski definition) is 2. The molecule has 0 fully saturated rings. The molecule has 0 aliphatic heterocycles. The molecule has 9 nitrogen and oxygen atoms in total. The molecular weight excluding hydrogens is 492 g/mol. The van der Waals surface area contributed by atoms with E-state index in [0.717, 1.165) is 11.1 Å². The van der Waals surface area contributed by atoms with E-state index in [-0.39, 0.29) is 17.3 Å². The minimum absolute atomic E-state index is 0. The Bertz CT molecular complexity index is 1270. The summed E-state index contributed by atoms with van der Waals surface area (Å²) in [5.74, 6) is -0.515. The number of hydrogen-bond acceptors (Lipinski definition) is 6. The molecule has 39 heavy (non-hydrogen) atoms. The highest BCUT2D eigenvalue weighted by molar-refractivity contribution is 5.95. The van der Waals surface area contributed by atoms with E-state index < -0.39 is 0 Å². The molecule has 0 saturated carbocycles. The number of nitrogens with zero attached hydrogens (tertiary/aromatic N) is 4. The molecule has 0 aliphatic carbocycles. The predicted octanol–water partition coefficient (Wildman–Crippen LogP) is 4.20. The average Bonchev–Trinajstić information content (AvgIpc) is 2.99. The van der Waals surface area contributed by atoms with Crippen LogP contribution in [0.25, 0.3) is 12.2 Å². The molecule has 0 radical (unpaired) electrons. The maximum absolute atomic E-state index is 11.6. The van der Waals surface area contributed by atoms with Gasteiger partial charge in [0.2, 0.25) is 0 Å². The largest absolute Gasteiger partial charge is 0.412 e. The molecule has 4 rings (SSSR count). The molecule has 0 unspecified atom stereocenters. The Morgan fingerprint density at radius 2 is 0.923 bits per heavy atom. The molecule has 2 heterocycles. The van der Waals surface area contributed by atoms with Crippen LogP contribution in [-0.4, -0.2) is 39.7 Å². The minimum Gasteiger partial charge on any atom is -0.412 e. The van der Waals surface area contributed by atoms with Gasteiger partial charge < -0.3 is 5.48 Å². The van der Waals surface area contributed by atoms with Gasteiger partial charge in [0.1, 0.15) is 0 Å². The number of rotatable bonds is 8. The van der Waals surface area contributed by atoms with Crippen LogP contribution in [0.1, 0.15) is 31.8 Å². The third-order valence-electron chi connectivity index (χ3n) is 4.71. The van der Waals surface area contributed by atoms with Crippen LogP contribution < -0.4 is 10.9 Å². The van der Waals surface area contributed by atoms with Gasteiger partial charge in [-0.2, -0.15) is 10.2 Å². The fourth-order valence-electron chi connectivity index (χ4n) is 2.85. The number of carbonyl (C=O) groups is 2. The van der Waals surface area contributed by atoms with Crippen LogP contribution in [0, 0.1) is 0 Å². The summed E-state index contributed by atoms with van der Waals surface area (Å²) in [5, 5.41) is 7.66. The quantitative estimate of drug-likeness (QED) is 0.265. The zero-order valence-electron chi connectivity index (χ0n) is 21.0. The van der Waals surface area contributed by atoms with Gasteiger partial charge >= 0.3 is 0 Å². The van der Waals surface area contributed by atoms with E-state index in [1.54, 1.807) is 61.2 Å². The SMILES string of the molecule is O.O=C(N/N=C/C=C/c1ccccc1)c1ccncc1.O=C(N/N=C/C=C/c1ccccc1)c1ccncc1. The van der Waals surface area contributed by atoms with Crippen molar-refractivity contribution in [1.82, 2.24) is 20.8 Å². The summed E-state index contributed by atoms with van der Waals surface area (Å²) in [6.45, 7) is 0. The van der Waals surface area contributed by atoms with Gasteiger partial charge in [-0.05, 0) is 47.5 Å². The lowest BCUT2D eigenvalue weighted by Gasteiger charge is -1.97. The first-order valence-electron chi connectivity index (χ1n) is 11.6. The first-order valence-corrected chi connectivity index (χ1v) is 11.6. The summed E-state index contributed by atoms with van der Waals surface area (Å²) in [4.78, 5) is 30.9. The van der Waals surface area contributed by atoms with E-state index in [9.17, 15) is 9.59 Å². The number of pyridine rings is 2. The number of allylic oxidation sites excluding steroid dienone is 2. The molecule has 0 spiro atoms. The molecule has 0 atom stereocenters. The smallest absolute Gasteiger partial charge is 0.271 e. The first-order chi connectivity index (χ1) is 18.7. The van der Waals surface area contributed by atoms with Crippen LogP contribution in [0.3, 0.4) is 0 Å². The van der Waals surface area contributed by atoms with Gasteiger partial charge in [0.25, 0.3) is 11.8 Å². The Hall–Kier alpha value is -5.54. The van der Waals surface area contributed by atoms with Gasteiger partial charge in [0.05, 0.1) is 0 Å². The second-order valence-electron chi connectivity index (χ2n) is 7.45. The lowest BCUT2D eigenvalue weighted by atomic mass is 10.2. The standard InChI is InChI=1S/2C15H13N3O.H2O/c2*19-15(14-8-11-16-12-9-14)18-17-10-4-7-13-5-2-1-3-6-13;/h2*1-12H,(H,18,19);1H2/b2*7-4+,17-10+;. The number of amides is 2. The van der Waals surface area contributed by atoms with Crippen LogP contribution in [0.2, 0.25) is 0 Å². The molecule has 0 aliphatic rings. The molecular formula is C30H28N6O3. The highest BCUT2D eigenvalue weighted by atomic mass is 16.2. The van der Waals surface area contributed by atoms with Crippen LogP contribution >= 0.6 is 0 Å². The van der Waals surface area contributed by atoms with Crippen LogP contribution in [-0.2, 0) is 0 Å². The van der Waals surface area contributed by atoms with Gasteiger partial charge in [0, 0.05) is 48.3 Å². The van der Waals surface area contributed by atoms with E-state index in [2.05, 4.69) is 31.0 Å². The molecule has 9 heteroatoms. The van der Waals surface area contributed by atoms with E-state index >= 15 is 0 Å². The summed E-state index contributed by atoms with van der Waals surface area (Å²) in [6.07, 6.45) is 16.7. The van der Waals surface area contributed by atoms with E-state index in [4.69, 9.17) is 0 Å². The van der Waals surface area contributed by atoms with Gasteiger partial charge in [-0.25, -0.2) is 10.9 Å². The summed E-state index contributed by atoms with van der Waals surface area (Å²) in [5.41, 5.74) is 8.08. The van der Waals surface area contributed by atoms with Crippen molar-refractivity contribution in [2.45, 2.75) is 0 Å². The Morgan fingerprint density at radius 3 is 1.28 bits per heavy atom. The molecule has 2 aromatic carbocycles. The Morgan fingerprint density at radius 1 is 0.564 bits per heavy atom. The second-order valence-corrected chi connectivity index (χ2v) is 7.45. The Balaban J connectivity index is 0.000000267. The molecule has 4 N–H and O–H groups in total. The fraction of sp³-hybridized carbons (Fsp3) is 0. The van der Waals surface area contributed by atoms with E-state index in [1.807, 2.05) is 72.8 Å². The van der Waals surface area contributed by atoms with Crippen LogP contribution in [0.4, 0.5) is 0 Å². The first kappa shape index (κ1) is 29.7. The summed E-state index contributed by atoms with van der Waals surface area (Å²) >= 11 is 0. The van der Waals surface area contributed by atoms with Crippen molar-refractivity contribution < 1.29 is 15.1 Å². The van der Waals surface area contributed by atoms with Crippen molar-refractivity contribution in [1.29, 1.82) is 0 Å². The topological polar surface area (TPSA) is 140 Å². The van der Waals surface area contributed by atoms with Crippen molar-refractivity contribution in [3.8, 4) is 0 Å². The zero-order valence-corrected chi connectivity index (χ0v) is 21.0. The zero-order chi connectivity index (χ0) is 26.7. The third-order valence-corrected chi connectivity index (χ3v) is 4.71. The summed E-state index contributed by atoms with van der Waals surface area (Å²) < 4.78 is 0. The molecule has 4 aromatic rings. The van der Waals surface area contributed by atoms with Crippen molar-refractivity contribution in [3.63, 3.8) is 0 Å². The van der Waals surface area contributed by atoms with Crippen molar-refractivity contribution >= 4 is 36.4 Å². The number of carbonyl (C=O) groups excluding carboxylic acids is 2. The number of aromatic nitrogens is 2. The van der Waals surface area contributed by atoms with Crippen molar-refractivity contribution in [3.05, 3.63) is 144 Å². The van der Waals surface area contributed by atoms with Gasteiger partial charge in [-0.15, -0.1) is 0 Å². The molecule has 2 amide bonds. The average molecular weight is 521 g/mol. The molecule has 2 aromatic heterocycles. The van der Waals surface area contributed by atoms with Gasteiger partial charge in [0.15, 0.2) is 0 Å². The highest BCUT2D eigenvalue weighted by Crippen LogP contribution is 2.01.